The molecule has 2 aromatic carbocycles. The van der Waals surface area contributed by atoms with E-state index < -0.39 is 11.8 Å². The van der Waals surface area contributed by atoms with Crippen LogP contribution in [0.3, 0.4) is 0 Å². The van der Waals surface area contributed by atoms with Gasteiger partial charge in [0.25, 0.3) is 0 Å². The fourth-order valence-electron chi connectivity index (χ4n) is 1.98. The zero-order valence-electron chi connectivity index (χ0n) is 11.0. The summed E-state index contributed by atoms with van der Waals surface area (Å²) in [6, 6.07) is 8.76. The van der Waals surface area contributed by atoms with Gasteiger partial charge in [-0.15, -0.1) is 0 Å². The summed E-state index contributed by atoms with van der Waals surface area (Å²) in [5.41, 5.74) is 0.858. The first kappa shape index (κ1) is 13.9. The number of methoxy groups -OCH3 is 2. The van der Waals surface area contributed by atoms with Gasteiger partial charge in [0.05, 0.1) is 19.8 Å². The van der Waals surface area contributed by atoms with E-state index in [9.17, 15) is 9.18 Å². The highest BCUT2D eigenvalue weighted by Crippen LogP contribution is 2.38. The van der Waals surface area contributed by atoms with Crippen molar-refractivity contribution in [3.8, 4) is 22.6 Å². The SMILES string of the molecule is COc1cccc(-c2cc(F)cc(C(=O)O)c2)c1OC. The molecule has 0 bridgehead atoms. The Hall–Kier alpha value is -2.56. The minimum Gasteiger partial charge on any atom is -0.493 e. The number of carboxylic acid groups (broad SMARTS) is 1. The molecule has 0 fully saturated rings. The van der Waals surface area contributed by atoms with Gasteiger partial charge in [-0.25, -0.2) is 9.18 Å². The summed E-state index contributed by atoms with van der Waals surface area (Å²) >= 11 is 0. The Balaban J connectivity index is 2.65. The van der Waals surface area contributed by atoms with Gasteiger partial charge in [0.1, 0.15) is 5.82 Å². The Morgan fingerprint density at radius 2 is 1.90 bits per heavy atom. The van der Waals surface area contributed by atoms with Crippen LogP contribution in [-0.2, 0) is 0 Å². The van der Waals surface area contributed by atoms with Crippen LogP contribution in [0.25, 0.3) is 11.1 Å². The van der Waals surface area contributed by atoms with E-state index in [0.29, 0.717) is 22.6 Å². The molecular weight excluding hydrogens is 263 g/mol. The lowest BCUT2D eigenvalue weighted by Crippen LogP contribution is -1.99. The molecule has 0 saturated carbocycles. The van der Waals surface area contributed by atoms with Crippen LogP contribution in [0.4, 0.5) is 4.39 Å². The summed E-state index contributed by atoms with van der Waals surface area (Å²) in [6.07, 6.45) is 0. The van der Waals surface area contributed by atoms with Crippen molar-refractivity contribution in [1.29, 1.82) is 0 Å². The van der Waals surface area contributed by atoms with Gasteiger partial charge in [-0.1, -0.05) is 12.1 Å². The Labute approximate surface area is 115 Å². The van der Waals surface area contributed by atoms with Crippen molar-refractivity contribution < 1.29 is 23.8 Å². The van der Waals surface area contributed by atoms with Crippen LogP contribution in [0.1, 0.15) is 10.4 Å². The predicted octanol–water partition coefficient (Wildman–Crippen LogP) is 3.21. The van der Waals surface area contributed by atoms with Gasteiger partial charge >= 0.3 is 5.97 Å². The highest BCUT2D eigenvalue weighted by atomic mass is 19.1. The van der Waals surface area contributed by atoms with Gasteiger partial charge in [-0.3, -0.25) is 0 Å². The van der Waals surface area contributed by atoms with Crippen LogP contribution in [-0.4, -0.2) is 25.3 Å². The lowest BCUT2D eigenvalue weighted by atomic mass is 10.0. The van der Waals surface area contributed by atoms with Crippen molar-refractivity contribution in [3.05, 3.63) is 47.8 Å². The molecule has 0 amide bonds. The normalized spacial score (nSPS) is 10.2. The Kier molecular flexibility index (Phi) is 3.89. The summed E-state index contributed by atoms with van der Waals surface area (Å²) in [5, 5.41) is 8.99. The van der Waals surface area contributed by atoms with Gasteiger partial charge in [0.15, 0.2) is 11.5 Å². The molecule has 1 N–H and O–H groups in total. The fraction of sp³-hybridized carbons (Fsp3) is 0.133. The summed E-state index contributed by atoms with van der Waals surface area (Å²) in [7, 11) is 2.97. The molecule has 4 nitrogen and oxygen atoms in total. The number of benzene rings is 2. The number of carbonyl (C=O) groups is 1. The maximum atomic E-state index is 13.6. The van der Waals surface area contributed by atoms with Gasteiger partial charge in [0, 0.05) is 5.56 Å². The predicted molar refractivity (Wildman–Crippen MR) is 71.9 cm³/mol. The number of hydrogen-bond acceptors (Lipinski definition) is 3. The first-order valence-corrected chi connectivity index (χ1v) is 5.82. The molecule has 0 radical (unpaired) electrons. The molecule has 2 aromatic rings. The zero-order valence-corrected chi connectivity index (χ0v) is 11.0. The first-order valence-electron chi connectivity index (χ1n) is 5.82. The van der Waals surface area contributed by atoms with Crippen LogP contribution in [0.15, 0.2) is 36.4 Å². The number of para-hydroxylation sites is 1. The smallest absolute Gasteiger partial charge is 0.335 e. The van der Waals surface area contributed by atoms with Crippen molar-refractivity contribution in [2.24, 2.45) is 0 Å². The summed E-state index contributed by atoms with van der Waals surface area (Å²) in [4.78, 5) is 11.0. The lowest BCUT2D eigenvalue weighted by Gasteiger charge is -2.13. The van der Waals surface area contributed by atoms with E-state index in [0.717, 1.165) is 6.07 Å². The monoisotopic (exact) mass is 276 g/mol. The van der Waals surface area contributed by atoms with Crippen LogP contribution in [0, 0.1) is 5.82 Å². The third-order valence-electron chi connectivity index (χ3n) is 2.86. The first-order chi connectivity index (χ1) is 9.56. The van der Waals surface area contributed by atoms with E-state index in [4.69, 9.17) is 14.6 Å². The number of hydrogen-bond donors (Lipinski definition) is 1. The third kappa shape index (κ3) is 2.56. The Morgan fingerprint density at radius 1 is 1.15 bits per heavy atom. The largest absolute Gasteiger partial charge is 0.493 e. The molecule has 0 unspecified atom stereocenters. The quantitative estimate of drug-likeness (QED) is 0.931. The molecule has 0 aliphatic carbocycles. The number of ether oxygens (including phenoxy) is 2. The molecule has 0 spiro atoms. The molecular formula is C15H13FO4. The van der Waals surface area contributed by atoms with E-state index in [1.165, 1.54) is 26.4 Å². The molecule has 2 rings (SSSR count). The molecule has 0 saturated heterocycles. The summed E-state index contributed by atoms with van der Waals surface area (Å²) in [5.74, 6) is -0.888. The average Bonchev–Trinajstić information content (AvgIpc) is 2.45. The highest BCUT2D eigenvalue weighted by Gasteiger charge is 2.14. The van der Waals surface area contributed by atoms with Gasteiger partial charge < -0.3 is 14.6 Å². The number of halogens is 1. The van der Waals surface area contributed by atoms with Crippen LogP contribution in [0.5, 0.6) is 11.5 Å². The maximum absolute atomic E-state index is 13.6. The molecule has 0 aromatic heterocycles. The third-order valence-corrected chi connectivity index (χ3v) is 2.86. The van der Waals surface area contributed by atoms with Crippen molar-refractivity contribution >= 4 is 5.97 Å². The zero-order chi connectivity index (χ0) is 14.7. The van der Waals surface area contributed by atoms with Crippen molar-refractivity contribution in [2.75, 3.05) is 14.2 Å². The van der Waals surface area contributed by atoms with Gasteiger partial charge in [-0.05, 0) is 29.8 Å². The van der Waals surface area contributed by atoms with Gasteiger partial charge in [-0.2, -0.15) is 0 Å². The van der Waals surface area contributed by atoms with Crippen LogP contribution in [0.2, 0.25) is 0 Å². The molecule has 20 heavy (non-hydrogen) atoms. The average molecular weight is 276 g/mol. The van der Waals surface area contributed by atoms with Crippen molar-refractivity contribution in [2.45, 2.75) is 0 Å². The second-order valence-corrected chi connectivity index (χ2v) is 4.07. The second kappa shape index (κ2) is 5.61. The standard InChI is InChI=1S/C15H13FO4/c1-19-13-5-3-4-12(14(13)20-2)9-6-10(15(17)18)8-11(16)7-9/h3-8H,1-2H3,(H,17,18). The van der Waals surface area contributed by atoms with E-state index in [1.54, 1.807) is 18.2 Å². The minimum absolute atomic E-state index is 0.120. The van der Waals surface area contributed by atoms with E-state index in [-0.39, 0.29) is 5.56 Å². The number of carboxylic acids is 1. The molecule has 0 aliphatic rings. The Morgan fingerprint density at radius 3 is 2.50 bits per heavy atom. The van der Waals surface area contributed by atoms with Crippen LogP contribution < -0.4 is 9.47 Å². The molecule has 104 valence electrons. The topological polar surface area (TPSA) is 55.8 Å². The summed E-state index contributed by atoms with van der Waals surface area (Å²) < 4.78 is 24.0. The van der Waals surface area contributed by atoms with E-state index in [1.807, 2.05) is 0 Å². The highest BCUT2D eigenvalue weighted by molar-refractivity contribution is 5.90. The Bertz CT molecular complexity index is 652. The van der Waals surface area contributed by atoms with Crippen molar-refractivity contribution in [3.63, 3.8) is 0 Å². The molecule has 0 aliphatic heterocycles. The molecule has 0 heterocycles. The van der Waals surface area contributed by atoms with Gasteiger partial charge in [0.2, 0.25) is 0 Å². The fourth-order valence-corrected chi connectivity index (χ4v) is 1.98. The maximum Gasteiger partial charge on any atom is 0.335 e. The van der Waals surface area contributed by atoms with Crippen molar-refractivity contribution in [1.82, 2.24) is 0 Å². The summed E-state index contributed by atoms with van der Waals surface area (Å²) in [6.45, 7) is 0. The number of aromatic carboxylic acids is 1. The number of rotatable bonds is 4. The molecule has 0 atom stereocenters. The second-order valence-electron chi connectivity index (χ2n) is 4.07. The van der Waals surface area contributed by atoms with E-state index >= 15 is 0 Å². The molecule has 5 heteroatoms. The van der Waals surface area contributed by atoms with Crippen LogP contribution >= 0.6 is 0 Å². The lowest BCUT2D eigenvalue weighted by molar-refractivity contribution is 0.0696. The van der Waals surface area contributed by atoms with E-state index in [2.05, 4.69) is 0 Å². The minimum atomic E-state index is -1.19.